The van der Waals surface area contributed by atoms with Crippen LogP contribution in [0.4, 0.5) is 4.39 Å². The van der Waals surface area contributed by atoms with E-state index in [0.29, 0.717) is 5.56 Å². The predicted molar refractivity (Wildman–Crippen MR) is 71.2 cm³/mol. The van der Waals surface area contributed by atoms with Crippen LogP contribution in [0.1, 0.15) is 51.2 Å². The number of methoxy groups -OCH3 is 1. The number of halogens is 1. The number of aliphatic hydroxyl groups excluding tert-OH is 1. The molecule has 102 valence electrons. The first-order valence-corrected chi connectivity index (χ1v) is 6.66. The molecular formula is C15H23FO2. The van der Waals surface area contributed by atoms with Crippen LogP contribution in [-0.2, 0) is 0 Å². The first-order chi connectivity index (χ1) is 8.65. The van der Waals surface area contributed by atoms with Crippen LogP contribution in [0.5, 0.6) is 5.75 Å². The molecule has 0 fully saturated rings. The normalized spacial score (nSPS) is 14.3. The number of hydrogen-bond acceptors (Lipinski definition) is 2. The third-order valence-corrected chi connectivity index (χ3v) is 3.43. The summed E-state index contributed by atoms with van der Waals surface area (Å²) in [4.78, 5) is 0. The molecule has 0 saturated heterocycles. The van der Waals surface area contributed by atoms with Crippen molar-refractivity contribution in [3.63, 3.8) is 0 Å². The maximum atomic E-state index is 14.1. The lowest BCUT2D eigenvalue weighted by Crippen LogP contribution is -2.14. The third-order valence-electron chi connectivity index (χ3n) is 3.43. The molecule has 0 aromatic heterocycles. The lowest BCUT2D eigenvalue weighted by molar-refractivity contribution is 0.0948. The smallest absolute Gasteiger partial charge is 0.170 e. The monoisotopic (exact) mass is 254 g/mol. The van der Waals surface area contributed by atoms with Gasteiger partial charge in [-0.15, -0.1) is 0 Å². The fourth-order valence-electron chi connectivity index (χ4n) is 2.22. The van der Waals surface area contributed by atoms with E-state index in [4.69, 9.17) is 4.74 Å². The average Bonchev–Trinajstić information content (AvgIpc) is 2.39. The summed E-state index contributed by atoms with van der Waals surface area (Å²) >= 11 is 0. The van der Waals surface area contributed by atoms with Crippen LogP contribution in [0.25, 0.3) is 0 Å². The summed E-state index contributed by atoms with van der Waals surface area (Å²) in [5, 5.41) is 10.3. The summed E-state index contributed by atoms with van der Waals surface area (Å²) in [5.41, 5.74) is 0.345. The predicted octanol–water partition coefficient (Wildman–Crippen LogP) is 4.08. The highest BCUT2D eigenvalue weighted by Crippen LogP contribution is 2.33. The third kappa shape index (κ3) is 3.45. The topological polar surface area (TPSA) is 29.5 Å². The molecule has 0 aliphatic heterocycles. The van der Waals surface area contributed by atoms with E-state index in [2.05, 4.69) is 6.92 Å². The van der Waals surface area contributed by atoms with Gasteiger partial charge in [0.2, 0.25) is 0 Å². The van der Waals surface area contributed by atoms with Crippen LogP contribution >= 0.6 is 0 Å². The summed E-state index contributed by atoms with van der Waals surface area (Å²) < 4.78 is 19.0. The van der Waals surface area contributed by atoms with E-state index < -0.39 is 11.9 Å². The van der Waals surface area contributed by atoms with Crippen molar-refractivity contribution >= 4 is 0 Å². The Bertz CT molecular complexity index is 366. The lowest BCUT2D eigenvalue weighted by atomic mass is 9.89. The molecule has 0 saturated carbocycles. The molecule has 1 N–H and O–H groups in total. The second kappa shape index (κ2) is 7.37. The van der Waals surface area contributed by atoms with Crippen LogP contribution in [0, 0.1) is 11.7 Å². The molecule has 0 bridgehead atoms. The number of hydrogen-bond donors (Lipinski definition) is 1. The van der Waals surface area contributed by atoms with Crippen molar-refractivity contribution in [1.29, 1.82) is 0 Å². The van der Waals surface area contributed by atoms with Crippen LogP contribution in [-0.4, -0.2) is 12.2 Å². The van der Waals surface area contributed by atoms with Crippen molar-refractivity contribution < 1.29 is 14.2 Å². The largest absolute Gasteiger partial charge is 0.494 e. The fraction of sp³-hybridized carbons (Fsp3) is 0.600. The molecule has 2 unspecified atom stereocenters. The molecule has 0 heterocycles. The van der Waals surface area contributed by atoms with Gasteiger partial charge >= 0.3 is 0 Å². The second-order valence-corrected chi connectivity index (χ2v) is 4.62. The summed E-state index contributed by atoms with van der Waals surface area (Å²) in [6.45, 7) is 4.15. The second-order valence-electron chi connectivity index (χ2n) is 4.62. The Kier molecular flexibility index (Phi) is 6.13. The number of aliphatic hydroxyl groups is 1. The molecule has 1 rings (SSSR count). The maximum Gasteiger partial charge on any atom is 0.170 e. The van der Waals surface area contributed by atoms with Crippen molar-refractivity contribution in [3.8, 4) is 5.75 Å². The first-order valence-electron chi connectivity index (χ1n) is 6.66. The zero-order valence-corrected chi connectivity index (χ0v) is 11.4. The Morgan fingerprint density at radius 1 is 1.33 bits per heavy atom. The molecule has 0 aliphatic rings. The quantitative estimate of drug-likeness (QED) is 0.794. The average molecular weight is 254 g/mol. The Morgan fingerprint density at radius 3 is 2.61 bits per heavy atom. The number of unbranched alkanes of at least 4 members (excludes halogenated alkanes) is 1. The molecule has 0 radical (unpaired) electrons. The number of ether oxygens (including phenoxy) is 1. The summed E-state index contributed by atoms with van der Waals surface area (Å²) in [6.07, 6.45) is 3.16. The molecule has 0 amide bonds. The van der Waals surface area contributed by atoms with Gasteiger partial charge in [0.15, 0.2) is 11.6 Å². The highest BCUT2D eigenvalue weighted by molar-refractivity contribution is 5.32. The van der Waals surface area contributed by atoms with E-state index in [-0.39, 0.29) is 11.7 Å². The highest BCUT2D eigenvalue weighted by atomic mass is 19.1. The van der Waals surface area contributed by atoms with Crippen molar-refractivity contribution in [2.75, 3.05) is 7.11 Å². The zero-order chi connectivity index (χ0) is 13.5. The van der Waals surface area contributed by atoms with E-state index in [0.717, 1.165) is 25.7 Å². The molecule has 0 spiro atoms. The summed E-state index contributed by atoms with van der Waals surface area (Å²) in [5.74, 6) is -0.147. The molecule has 0 aliphatic carbocycles. The molecule has 2 atom stereocenters. The Labute approximate surface area is 109 Å². The molecule has 3 heteroatoms. The fourth-order valence-corrected chi connectivity index (χ4v) is 2.22. The van der Waals surface area contributed by atoms with Gasteiger partial charge in [0, 0.05) is 5.56 Å². The van der Waals surface area contributed by atoms with E-state index in [9.17, 15) is 9.50 Å². The van der Waals surface area contributed by atoms with Crippen molar-refractivity contribution in [2.24, 2.45) is 5.92 Å². The van der Waals surface area contributed by atoms with Gasteiger partial charge in [0.25, 0.3) is 0 Å². The van der Waals surface area contributed by atoms with E-state index in [1.165, 1.54) is 7.11 Å². The van der Waals surface area contributed by atoms with Crippen molar-refractivity contribution in [3.05, 3.63) is 29.6 Å². The molecule has 1 aromatic rings. The minimum absolute atomic E-state index is 0.103. The van der Waals surface area contributed by atoms with Gasteiger partial charge in [-0.1, -0.05) is 45.2 Å². The van der Waals surface area contributed by atoms with Gasteiger partial charge in [-0.05, 0) is 18.4 Å². The van der Waals surface area contributed by atoms with Crippen LogP contribution in [0.3, 0.4) is 0 Å². The van der Waals surface area contributed by atoms with E-state index in [1.807, 2.05) is 6.92 Å². The van der Waals surface area contributed by atoms with Gasteiger partial charge in [-0.2, -0.15) is 0 Å². The molecule has 2 nitrogen and oxygen atoms in total. The minimum Gasteiger partial charge on any atom is -0.494 e. The molecule has 1 aromatic carbocycles. The van der Waals surface area contributed by atoms with Crippen LogP contribution < -0.4 is 4.74 Å². The first kappa shape index (κ1) is 15.0. The van der Waals surface area contributed by atoms with E-state index >= 15 is 0 Å². The number of benzene rings is 1. The van der Waals surface area contributed by atoms with Gasteiger partial charge in [-0.3, -0.25) is 0 Å². The molecular weight excluding hydrogens is 231 g/mol. The minimum atomic E-state index is -0.753. The van der Waals surface area contributed by atoms with Gasteiger partial charge in [-0.25, -0.2) is 4.39 Å². The summed E-state index contributed by atoms with van der Waals surface area (Å²) in [7, 11) is 1.43. The van der Waals surface area contributed by atoms with Crippen LogP contribution in [0.2, 0.25) is 0 Å². The highest BCUT2D eigenvalue weighted by Gasteiger charge is 2.23. The van der Waals surface area contributed by atoms with Gasteiger partial charge < -0.3 is 9.84 Å². The Morgan fingerprint density at radius 2 is 2.06 bits per heavy atom. The lowest BCUT2D eigenvalue weighted by Gasteiger charge is -2.22. The van der Waals surface area contributed by atoms with Crippen molar-refractivity contribution in [1.82, 2.24) is 0 Å². The van der Waals surface area contributed by atoms with Crippen molar-refractivity contribution in [2.45, 2.75) is 45.6 Å². The Hall–Kier alpha value is -1.09. The Balaban J connectivity index is 2.90. The van der Waals surface area contributed by atoms with Crippen LogP contribution in [0.15, 0.2) is 18.2 Å². The number of rotatable bonds is 7. The SMILES string of the molecule is CCCCC(CC)C(O)c1cccc(OC)c1F. The van der Waals surface area contributed by atoms with Gasteiger partial charge in [0.1, 0.15) is 0 Å². The van der Waals surface area contributed by atoms with Gasteiger partial charge in [0.05, 0.1) is 13.2 Å². The standard InChI is InChI=1S/C15H23FO2/c1-4-6-8-11(5-2)15(17)12-9-7-10-13(18-3)14(12)16/h7,9-11,15,17H,4-6,8H2,1-3H3. The molecule has 18 heavy (non-hydrogen) atoms. The zero-order valence-electron chi connectivity index (χ0n) is 11.4. The summed E-state index contributed by atoms with van der Waals surface area (Å²) in [6, 6.07) is 4.92. The maximum absolute atomic E-state index is 14.1. The van der Waals surface area contributed by atoms with E-state index in [1.54, 1.807) is 18.2 Å².